The van der Waals surface area contributed by atoms with Crippen molar-refractivity contribution in [1.29, 1.82) is 0 Å². The van der Waals surface area contributed by atoms with Crippen LogP contribution in [-0.2, 0) is 7.05 Å². The summed E-state index contributed by atoms with van der Waals surface area (Å²) in [6.07, 6.45) is 5.15. The molecule has 9 heteroatoms. The highest BCUT2D eigenvalue weighted by Gasteiger charge is 2.22. The van der Waals surface area contributed by atoms with E-state index in [2.05, 4.69) is 25.7 Å². The van der Waals surface area contributed by atoms with Crippen LogP contribution >= 0.6 is 11.3 Å². The van der Waals surface area contributed by atoms with Gasteiger partial charge in [-0.15, -0.1) is 11.3 Å². The topological polar surface area (TPSA) is 97.9 Å². The normalized spacial score (nSPS) is 15.4. The summed E-state index contributed by atoms with van der Waals surface area (Å²) < 4.78 is 6.92. The summed E-state index contributed by atoms with van der Waals surface area (Å²) in [6.45, 7) is 1.95. The Balaban J connectivity index is 1.48. The fourth-order valence-corrected chi connectivity index (χ4v) is 3.60. The van der Waals surface area contributed by atoms with Crippen molar-refractivity contribution in [3.63, 3.8) is 0 Å². The van der Waals surface area contributed by atoms with Crippen LogP contribution in [0.4, 0.5) is 5.95 Å². The van der Waals surface area contributed by atoms with Crippen molar-refractivity contribution in [2.45, 2.75) is 18.8 Å². The van der Waals surface area contributed by atoms with Crippen LogP contribution in [0.3, 0.4) is 0 Å². The van der Waals surface area contributed by atoms with Crippen molar-refractivity contribution in [3.8, 4) is 10.8 Å². The molecule has 0 atom stereocenters. The Hall–Kier alpha value is -2.52. The molecule has 0 radical (unpaired) electrons. The maximum absolute atomic E-state index is 12.5. The second-order valence-electron chi connectivity index (χ2n) is 5.90. The molecule has 8 nitrogen and oxygen atoms in total. The summed E-state index contributed by atoms with van der Waals surface area (Å²) in [4.78, 5) is 21.7. The third kappa shape index (κ3) is 3.33. The molecule has 0 aliphatic carbocycles. The van der Waals surface area contributed by atoms with Crippen LogP contribution in [0, 0.1) is 0 Å². The van der Waals surface area contributed by atoms with Gasteiger partial charge in [0.15, 0.2) is 16.6 Å². The van der Waals surface area contributed by atoms with E-state index in [9.17, 15) is 4.79 Å². The van der Waals surface area contributed by atoms with Gasteiger partial charge in [0.05, 0.1) is 12.5 Å². The average Bonchev–Trinajstić information content (AvgIpc) is 3.36. The number of furan rings is 1. The van der Waals surface area contributed by atoms with Gasteiger partial charge in [-0.25, -0.2) is 9.67 Å². The number of rotatable bonds is 4. The lowest BCUT2D eigenvalue weighted by Gasteiger charge is -2.19. The maximum Gasteiger partial charge on any atom is 0.269 e. The first-order valence-electron chi connectivity index (χ1n) is 8.13. The predicted molar refractivity (Wildman–Crippen MR) is 93.6 cm³/mol. The highest BCUT2D eigenvalue weighted by atomic mass is 32.1. The summed E-state index contributed by atoms with van der Waals surface area (Å²) in [5.74, 6) is 1.98. The highest BCUT2D eigenvalue weighted by molar-refractivity contribution is 7.16. The van der Waals surface area contributed by atoms with E-state index < -0.39 is 0 Å². The van der Waals surface area contributed by atoms with Crippen molar-refractivity contribution < 1.29 is 9.21 Å². The minimum absolute atomic E-state index is 0.248. The fraction of sp³-hybridized carbons (Fsp3) is 0.375. The summed E-state index contributed by atoms with van der Waals surface area (Å²) in [5.41, 5.74) is 0. The minimum Gasteiger partial charge on any atom is -0.462 e. The van der Waals surface area contributed by atoms with E-state index >= 15 is 0 Å². The van der Waals surface area contributed by atoms with E-state index in [0.717, 1.165) is 31.8 Å². The Kier molecular flexibility index (Phi) is 4.33. The monoisotopic (exact) mass is 358 g/mol. The first-order valence-corrected chi connectivity index (χ1v) is 8.95. The molecule has 0 saturated carbocycles. The Morgan fingerprint density at radius 2 is 2.28 bits per heavy atom. The van der Waals surface area contributed by atoms with Gasteiger partial charge in [0.1, 0.15) is 4.88 Å². The molecular formula is C16H18N6O2S. The number of amides is 1. The maximum atomic E-state index is 12.5. The number of aromatic nitrogens is 4. The van der Waals surface area contributed by atoms with Crippen molar-refractivity contribution in [2.75, 3.05) is 18.4 Å². The lowest BCUT2D eigenvalue weighted by Crippen LogP contribution is -2.27. The lowest BCUT2D eigenvalue weighted by atomic mass is 9.98. The Morgan fingerprint density at radius 1 is 1.44 bits per heavy atom. The van der Waals surface area contributed by atoms with Gasteiger partial charge in [0.25, 0.3) is 5.91 Å². The molecule has 2 N–H and O–H groups in total. The molecule has 1 aliphatic rings. The van der Waals surface area contributed by atoms with Crippen LogP contribution in [-0.4, -0.2) is 38.7 Å². The van der Waals surface area contributed by atoms with Crippen LogP contribution in [0.15, 0.2) is 29.0 Å². The van der Waals surface area contributed by atoms with E-state index in [1.54, 1.807) is 30.3 Å². The number of thiazole rings is 1. The van der Waals surface area contributed by atoms with Crippen molar-refractivity contribution >= 4 is 23.2 Å². The van der Waals surface area contributed by atoms with E-state index in [1.165, 1.54) is 11.3 Å². The molecule has 0 aromatic carbocycles. The zero-order valence-corrected chi connectivity index (χ0v) is 14.5. The van der Waals surface area contributed by atoms with Gasteiger partial charge in [0.2, 0.25) is 5.95 Å². The van der Waals surface area contributed by atoms with Crippen LogP contribution in [0.2, 0.25) is 0 Å². The molecule has 0 spiro atoms. The number of carbonyl (C=O) groups excluding carboxylic acids is 1. The van der Waals surface area contributed by atoms with Crippen molar-refractivity contribution in [2.24, 2.45) is 7.05 Å². The number of carbonyl (C=O) groups is 1. The molecule has 130 valence electrons. The first kappa shape index (κ1) is 16.0. The Morgan fingerprint density at radius 3 is 3.04 bits per heavy atom. The Bertz CT molecular complexity index is 863. The zero-order valence-electron chi connectivity index (χ0n) is 13.7. The van der Waals surface area contributed by atoms with Crippen LogP contribution in [0.1, 0.15) is 34.3 Å². The van der Waals surface area contributed by atoms with Crippen LogP contribution in [0.25, 0.3) is 10.8 Å². The molecule has 4 heterocycles. The fourth-order valence-electron chi connectivity index (χ4n) is 2.82. The molecule has 4 rings (SSSR count). The Labute approximate surface area is 148 Å². The molecular weight excluding hydrogens is 340 g/mol. The third-order valence-corrected chi connectivity index (χ3v) is 5.18. The number of aryl methyl sites for hydroxylation is 1. The predicted octanol–water partition coefficient (Wildman–Crippen LogP) is 2.25. The number of hydrogen-bond acceptors (Lipinski definition) is 7. The second kappa shape index (κ2) is 6.77. The summed E-state index contributed by atoms with van der Waals surface area (Å²) in [7, 11) is 1.79. The van der Waals surface area contributed by atoms with Crippen LogP contribution in [0.5, 0.6) is 0 Å². The molecule has 0 bridgehead atoms. The molecule has 1 amide bonds. The van der Waals surface area contributed by atoms with Gasteiger partial charge in [-0.05, 0) is 38.1 Å². The molecule has 0 unspecified atom stereocenters. The quantitative estimate of drug-likeness (QED) is 0.742. The van der Waals surface area contributed by atoms with Crippen molar-refractivity contribution in [3.05, 3.63) is 35.3 Å². The minimum atomic E-state index is -0.248. The standard InChI is InChI=1S/C16H18N6O2S/c1-22-16(19-13(21-22)10-4-6-17-7-5-10)20-14(23)12-9-18-15(25-12)11-3-2-8-24-11/h2-3,8-10,17H,4-7H2,1H3,(H,19,20,21,23). The van der Waals surface area contributed by atoms with E-state index in [1.807, 2.05) is 6.07 Å². The average molecular weight is 358 g/mol. The summed E-state index contributed by atoms with van der Waals surface area (Å²) in [6, 6.07) is 3.60. The second-order valence-corrected chi connectivity index (χ2v) is 6.93. The van der Waals surface area contributed by atoms with Gasteiger partial charge >= 0.3 is 0 Å². The molecule has 3 aromatic heterocycles. The lowest BCUT2D eigenvalue weighted by molar-refractivity contribution is 0.102. The van der Waals surface area contributed by atoms with Gasteiger partial charge < -0.3 is 9.73 Å². The summed E-state index contributed by atoms with van der Waals surface area (Å²) >= 11 is 1.28. The number of piperidine rings is 1. The summed E-state index contributed by atoms with van der Waals surface area (Å²) in [5, 5.41) is 11.3. The highest BCUT2D eigenvalue weighted by Crippen LogP contribution is 2.26. The number of nitrogens with zero attached hydrogens (tertiary/aromatic N) is 4. The molecule has 1 fully saturated rings. The van der Waals surface area contributed by atoms with Gasteiger partial charge in [-0.3, -0.25) is 10.1 Å². The van der Waals surface area contributed by atoms with Crippen LogP contribution < -0.4 is 10.6 Å². The number of anilines is 1. The smallest absolute Gasteiger partial charge is 0.269 e. The SMILES string of the molecule is Cn1nc(C2CCNCC2)nc1NC(=O)c1cnc(-c2ccco2)s1. The van der Waals surface area contributed by atoms with Gasteiger partial charge in [-0.1, -0.05) is 0 Å². The molecule has 1 saturated heterocycles. The van der Waals surface area contributed by atoms with E-state index in [0.29, 0.717) is 27.5 Å². The molecule has 3 aromatic rings. The number of nitrogens with one attached hydrogen (secondary N) is 2. The van der Waals surface area contributed by atoms with E-state index in [4.69, 9.17) is 4.42 Å². The zero-order chi connectivity index (χ0) is 17.2. The molecule has 25 heavy (non-hydrogen) atoms. The number of hydrogen-bond donors (Lipinski definition) is 2. The largest absolute Gasteiger partial charge is 0.462 e. The van der Waals surface area contributed by atoms with Gasteiger partial charge in [-0.2, -0.15) is 10.1 Å². The van der Waals surface area contributed by atoms with E-state index in [-0.39, 0.29) is 5.91 Å². The van der Waals surface area contributed by atoms with Crippen molar-refractivity contribution in [1.82, 2.24) is 25.1 Å². The molecule has 1 aliphatic heterocycles. The van der Waals surface area contributed by atoms with Gasteiger partial charge in [0, 0.05) is 13.0 Å². The third-order valence-electron chi connectivity index (χ3n) is 4.17. The first-order chi connectivity index (χ1) is 12.2.